The van der Waals surface area contributed by atoms with Crippen LogP contribution in [-0.4, -0.2) is 15.6 Å². The second kappa shape index (κ2) is 3.70. The minimum absolute atomic E-state index is 0.0647. The molecular formula is C14H15N3O. The van der Waals surface area contributed by atoms with Crippen LogP contribution < -0.4 is 10.5 Å². The van der Waals surface area contributed by atoms with Crippen molar-refractivity contribution in [3.8, 4) is 5.88 Å². The topological polar surface area (TPSA) is 61.0 Å². The molecule has 0 amide bonds. The van der Waals surface area contributed by atoms with Gasteiger partial charge in [0.05, 0.1) is 11.5 Å². The maximum Gasteiger partial charge on any atom is 0.223 e. The fourth-order valence-corrected chi connectivity index (χ4v) is 2.61. The molecule has 3 rings (SSSR count). The molecule has 0 unspecified atom stereocenters. The fourth-order valence-electron chi connectivity index (χ4n) is 2.61. The van der Waals surface area contributed by atoms with E-state index in [-0.39, 0.29) is 11.5 Å². The maximum atomic E-state index is 5.99. The first-order valence-corrected chi connectivity index (χ1v) is 5.94. The Morgan fingerprint density at radius 1 is 1.17 bits per heavy atom. The molecule has 1 aromatic heterocycles. The smallest absolute Gasteiger partial charge is 0.223 e. The zero-order valence-electron chi connectivity index (χ0n) is 10.4. The molecular weight excluding hydrogens is 226 g/mol. The van der Waals surface area contributed by atoms with E-state index in [1.54, 1.807) is 0 Å². The van der Waals surface area contributed by atoms with Crippen LogP contribution >= 0.6 is 0 Å². The van der Waals surface area contributed by atoms with Crippen LogP contribution in [0.5, 0.6) is 5.88 Å². The number of hydrogen-bond acceptors (Lipinski definition) is 4. The lowest BCUT2D eigenvalue weighted by Gasteiger charge is -2.26. The monoisotopic (exact) mass is 241 g/mol. The van der Waals surface area contributed by atoms with Gasteiger partial charge in [-0.3, -0.25) is 0 Å². The normalized spacial score (nSPS) is 20.2. The second-order valence-corrected chi connectivity index (χ2v) is 5.03. The third-order valence-electron chi connectivity index (χ3n) is 3.35. The van der Waals surface area contributed by atoms with Crippen LogP contribution in [0, 0.1) is 0 Å². The zero-order valence-corrected chi connectivity index (χ0v) is 10.4. The molecule has 1 atom stereocenters. The first-order valence-electron chi connectivity index (χ1n) is 5.94. The molecule has 2 N–H and O–H groups in total. The summed E-state index contributed by atoms with van der Waals surface area (Å²) in [5, 5.41) is 0. The highest BCUT2D eigenvalue weighted by Gasteiger charge is 2.44. The van der Waals surface area contributed by atoms with E-state index in [2.05, 4.69) is 22.1 Å². The lowest BCUT2D eigenvalue weighted by Crippen LogP contribution is -2.31. The summed E-state index contributed by atoms with van der Waals surface area (Å²) in [6, 6.07) is 10.2. The van der Waals surface area contributed by atoms with Gasteiger partial charge in [0.25, 0.3) is 0 Å². The van der Waals surface area contributed by atoms with Gasteiger partial charge in [-0.2, -0.15) is 0 Å². The minimum atomic E-state index is -0.367. The van der Waals surface area contributed by atoms with E-state index < -0.39 is 0 Å². The van der Waals surface area contributed by atoms with Crippen molar-refractivity contribution in [3.63, 3.8) is 0 Å². The molecule has 18 heavy (non-hydrogen) atoms. The Kier molecular flexibility index (Phi) is 2.26. The van der Waals surface area contributed by atoms with Gasteiger partial charge < -0.3 is 10.5 Å². The molecule has 0 saturated heterocycles. The summed E-state index contributed by atoms with van der Waals surface area (Å²) >= 11 is 0. The van der Waals surface area contributed by atoms with Crippen LogP contribution in [0.15, 0.2) is 36.7 Å². The number of anilines is 1. The quantitative estimate of drug-likeness (QED) is 0.832. The molecule has 0 fully saturated rings. The largest absolute Gasteiger partial charge is 0.470 e. The molecule has 2 aromatic rings. The van der Waals surface area contributed by atoms with Gasteiger partial charge in [-0.05, 0) is 19.4 Å². The molecule has 1 aliphatic rings. The molecule has 0 aliphatic carbocycles. The van der Waals surface area contributed by atoms with E-state index in [0.29, 0.717) is 11.7 Å². The predicted molar refractivity (Wildman–Crippen MR) is 69.4 cm³/mol. The molecule has 92 valence electrons. The van der Waals surface area contributed by atoms with Gasteiger partial charge >= 0.3 is 0 Å². The number of nitrogens with zero attached hydrogens (tertiary/aromatic N) is 2. The fraction of sp³-hybridized carbons (Fsp3) is 0.286. The summed E-state index contributed by atoms with van der Waals surface area (Å²) in [5.41, 5.74) is 7.69. The lowest BCUT2D eigenvalue weighted by atomic mass is 9.82. The van der Waals surface area contributed by atoms with Gasteiger partial charge in [0, 0.05) is 0 Å². The molecule has 0 saturated carbocycles. The van der Waals surface area contributed by atoms with Gasteiger partial charge in [-0.25, -0.2) is 9.97 Å². The Hall–Kier alpha value is -2.10. The van der Waals surface area contributed by atoms with E-state index in [1.807, 2.05) is 32.0 Å². The number of ether oxygens (including phenoxy) is 1. The molecule has 1 aliphatic heterocycles. The van der Waals surface area contributed by atoms with Crippen molar-refractivity contribution in [1.29, 1.82) is 0 Å². The SMILES string of the molecule is CC1(C)Oc2ncnc(N)c2[C@H]1c1ccccc1. The third kappa shape index (κ3) is 1.53. The number of aromatic nitrogens is 2. The van der Waals surface area contributed by atoms with Gasteiger partial charge in [-0.1, -0.05) is 30.3 Å². The van der Waals surface area contributed by atoms with Crippen LogP contribution in [0.25, 0.3) is 0 Å². The Balaban J connectivity index is 2.20. The maximum absolute atomic E-state index is 5.99. The highest BCUT2D eigenvalue weighted by molar-refractivity contribution is 5.55. The Morgan fingerprint density at radius 3 is 2.61 bits per heavy atom. The average molecular weight is 241 g/mol. The summed E-state index contributed by atoms with van der Waals surface area (Å²) < 4.78 is 5.91. The molecule has 4 nitrogen and oxygen atoms in total. The van der Waals surface area contributed by atoms with E-state index >= 15 is 0 Å². The number of benzene rings is 1. The van der Waals surface area contributed by atoms with E-state index in [1.165, 1.54) is 11.9 Å². The van der Waals surface area contributed by atoms with Crippen molar-refractivity contribution < 1.29 is 4.74 Å². The van der Waals surface area contributed by atoms with Crippen molar-refractivity contribution in [2.75, 3.05) is 5.73 Å². The van der Waals surface area contributed by atoms with Crippen LogP contribution in [0.3, 0.4) is 0 Å². The summed E-state index contributed by atoms with van der Waals surface area (Å²) in [5.74, 6) is 1.16. The van der Waals surface area contributed by atoms with Crippen molar-refractivity contribution in [2.45, 2.75) is 25.4 Å². The third-order valence-corrected chi connectivity index (χ3v) is 3.35. The van der Waals surface area contributed by atoms with Crippen LogP contribution in [0.2, 0.25) is 0 Å². The minimum Gasteiger partial charge on any atom is -0.470 e. The highest BCUT2D eigenvalue weighted by atomic mass is 16.5. The number of hydrogen-bond donors (Lipinski definition) is 1. The number of fused-ring (bicyclic) bond motifs is 1. The first kappa shape index (κ1) is 11.0. The molecule has 2 heterocycles. The summed E-state index contributed by atoms with van der Waals surface area (Å²) in [7, 11) is 0. The number of nitrogen functional groups attached to an aromatic ring is 1. The Bertz CT molecular complexity index is 581. The Labute approximate surface area is 106 Å². The number of rotatable bonds is 1. The summed E-state index contributed by atoms with van der Waals surface area (Å²) in [4.78, 5) is 8.26. The highest BCUT2D eigenvalue weighted by Crippen LogP contribution is 2.48. The van der Waals surface area contributed by atoms with E-state index in [9.17, 15) is 0 Å². The van der Waals surface area contributed by atoms with E-state index in [4.69, 9.17) is 10.5 Å². The van der Waals surface area contributed by atoms with Gasteiger partial charge in [0.1, 0.15) is 17.7 Å². The van der Waals surface area contributed by atoms with Crippen molar-refractivity contribution >= 4 is 5.82 Å². The summed E-state index contributed by atoms with van der Waals surface area (Å²) in [6.45, 7) is 4.09. The second-order valence-electron chi connectivity index (χ2n) is 5.03. The Morgan fingerprint density at radius 2 is 1.89 bits per heavy atom. The lowest BCUT2D eigenvalue weighted by molar-refractivity contribution is 0.117. The molecule has 1 aromatic carbocycles. The van der Waals surface area contributed by atoms with Crippen molar-refractivity contribution in [1.82, 2.24) is 9.97 Å². The average Bonchev–Trinajstić information content (AvgIpc) is 2.62. The zero-order chi connectivity index (χ0) is 12.8. The molecule has 0 bridgehead atoms. The molecule has 4 heteroatoms. The van der Waals surface area contributed by atoms with Crippen molar-refractivity contribution in [3.05, 3.63) is 47.8 Å². The van der Waals surface area contributed by atoms with Crippen LogP contribution in [0.4, 0.5) is 5.82 Å². The summed E-state index contributed by atoms with van der Waals surface area (Å²) in [6.07, 6.45) is 1.44. The standard InChI is InChI=1S/C14H15N3O/c1-14(2)11(9-6-4-3-5-7-9)10-12(15)16-8-17-13(10)18-14/h3-8,11H,1-2H3,(H2,15,16,17)/t11-/m1/s1. The predicted octanol–water partition coefficient (Wildman–Crippen LogP) is 2.36. The first-order chi connectivity index (χ1) is 8.59. The number of nitrogens with two attached hydrogens (primary N) is 1. The van der Waals surface area contributed by atoms with Crippen LogP contribution in [-0.2, 0) is 0 Å². The molecule has 0 radical (unpaired) electrons. The van der Waals surface area contributed by atoms with Gasteiger partial charge in [-0.15, -0.1) is 0 Å². The van der Waals surface area contributed by atoms with Crippen LogP contribution in [0.1, 0.15) is 30.9 Å². The van der Waals surface area contributed by atoms with E-state index in [0.717, 1.165) is 5.56 Å². The van der Waals surface area contributed by atoms with Gasteiger partial charge in [0.15, 0.2) is 0 Å². The molecule has 0 spiro atoms. The van der Waals surface area contributed by atoms with Crippen molar-refractivity contribution in [2.24, 2.45) is 0 Å². The van der Waals surface area contributed by atoms with Gasteiger partial charge in [0.2, 0.25) is 5.88 Å².